The first-order valence-electron chi connectivity index (χ1n) is 9.27. The molecule has 0 saturated carbocycles. The Kier molecular flexibility index (Phi) is 7.45. The van der Waals surface area contributed by atoms with E-state index in [1.807, 2.05) is 0 Å². The van der Waals surface area contributed by atoms with E-state index in [1.54, 1.807) is 30.3 Å². The molecular weight excluding hydrogens is 436 g/mol. The number of nitro benzene ring substituents is 1. The van der Waals surface area contributed by atoms with Crippen molar-refractivity contribution in [3.8, 4) is 28.5 Å². The molecule has 0 unspecified atom stereocenters. The molecule has 0 aliphatic carbocycles. The first kappa shape index (κ1) is 22.8. The van der Waals surface area contributed by atoms with Crippen molar-refractivity contribution in [1.82, 2.24) is 10.2 Å². The topological polar surface area (TPSA) is 126 Å². The number of carbonyl (C=O) groups excluding carboxylic acids is 1. The Bertz CT molecular complexity index is 1100. The summed E-state index contributed by atoms with van der Waals surface area (Å²) >= 11 is 1.16. The molecule has 0 aliphatic rings. The van der Waals surface area contributed by atoms with E-state index in [-0.39, 0.29) is 23.0 Å². The number of benzene rings is 2. The highest BCUT2D eigenvalue weighted by molar-refractivity contribution is 7.99. The minimum absolute atomic E-state index is 0.0181. The van der Waals surface area contributed by atoms with Crippen molar-refractivity contribution in [2.45, 2.75) is 5.03 Å². The van der Waals surface area contributed by atoms with E-state index < -0.39 is 4.92 Å². The van der Waals surface area contributed by atoms with Gasteiger partial charge in [0, 0.05) is 11.6 Å². The normalized spacial score (nSPS) is 10.3. The van der Waals surface area contributed by atoms with Crippen molar-refractivity contribution in [2.75, 3.05) is 32.4 Å². The summed E-state index contributed by atoms with van der Waals surface area (Å²) in [6.45, 7) is 0. The zero-order valence-corrected chi connectivity index (χ0v) is 18.3. The number of nitro groups is 1. The third-order valence-corrected chi connectivity index (χ3v) is 5.25. The van der Waals surface area contributed by atoms with Crippen molar-refractivity contribution in [3.63, 3.8) is 0 Å². The number of anilines is 1. The molecule has 166 valence electrons. The van der Waals surface area contributed by atoms with Gasteiger partial charge in [0.15, 0.2) is 11.5 Å². The van der Waals surface area contributed by atoms with Gasteiger partial charge in [-0.1, -0.05) is 23.9 Å². The van der Waals surface area contributed by atoms with E-state index in [1.165, 1.54) is 39.5 Å². The summed E-state index contributed by atoms with van der Waals surface area (Å²) in [5, 5.41) is 22.5. The molecule has 11 heteroatoms. The highest BCUT2D eigenvalue weighted by Crippen LogP contribution is 2.40. The highest BCUT2D eigenvalue weighted by atomic mass is 32.2. The maximum atomic E-state index is 12.2. The van der Waals surface area contributed by atoms with Crippen LogP contribution in [0.4, 0.5) is 11.4 Å². The summed E-state index contributed by atoms with van der Waals surface area (Å²) in [4.78, 5) is 22.7. The molecule has 1 amide bonds. The van der Waals surface area contributed by atoms with Gasteiger partial charge in [0.2, 0.25) is 11.7 Å². The Morgan fingerprint density at radius 1 is 1.03 bits per heavy atom. The molecule has 3 aromatic rings. The molecule has 0 aliphatic heterocycles. The molecule has 0 fully saturated rings. The van der Waals surface area contributed by atoms with Gasteiger partial charge in [-0.2, -0.15) is 0 Å². The van der Waals surface area contributed by atoms with E-state index >= 15 is 0 Å². The van der Waals surface area contributed by atoms with Crippen molar-refractivity contribution in [1.29, 1.82) is 0 Å². The molecule has 2 aromatic carbocycles. The van der Waals surface area contributed by atoms with Crippen LogP contribution in [0.5, 0.6) is 17.2 Å². The van der Waals surface area contributed by atoms with Crippen LogP contribution in [-0.4, -0.2) is 48.1 Å². The molecule has 10 nitrogen and oxygen atoms in total. The Labute approximate surface area is 188 Å². The number of ether oxygens (including phenoxy) is 3. The van der Waals surface area contributed by atoms with Crippen molar-refractivity contribution >= 4 is 29.0 Å². The lowest BCUT2D eigenvalue weighted by Crippen LogP contribution is -2.15. The maximum Gasteiger partial charge on any atom is 0.292 e. The van der Waals surface area contributed by atoms with Crippen molar-refractivity contribution in [3.05, 3.63) is 58.6 Å². The van der Waals surface area contributed by atoms with Crippen LogP contribution in [0.1, 0.15) is 0 Å². The zero-order valence-electron chi connectivity index (χ0n) is 17.5. The minimum Gasteiger partial charge on any atom is -0.493 e. The monoisotopic (exact) mass is 456 g/mol. The van der Waals surface area contributed by atoms with Crippen LogP contribution in [0.25, 0.3) is 11.3 Å². The van der Waals surface area contributed by atoms with Gasteiger partial charge >= 0.3 is 0 Å². The SMILES string of the molecule is COc1cc(-c2ccc(SCC(=O)Nc3ccccc3[N+](=O)[O-])nn2)cc(OC)c1OC. The van der Waals surface area contributed by atoms with Gasteiger partial charge in [-0.3, -0.25) is 14.9 Å². The van der Waals surface area contributed by atoms with Gasteiger partial charge in [0.1, 0.15) is 10.7 Å². The molecule has 0 bridgehead atoms. The van der Waals surface area contributed by atoms with Crippen LogP contribution in [0.15, 0.2) is 53.6 Å². The van der Waals surface area contributed by atoms with Crippen LogP contribution in [0.3, 0.4) is 0 Å². The van der Waals surface area contributed by atoms with Crippen molar-refractivity contribution < 1.29 is 23.9 Å². The molecular formula is C21H20N4O6S. The third-order valence-electron chi connectivity index (χ3n) is 4.33. The second-order valence-electron chi connectivity index (χ2n) is 6.28. The van der Waals surface area contributed by atoms with Crippen molar-refractivity contribution in [2.24, 2.45) is 0 Å². The summed E-state index contributed by atoms with van der Waals surface area (Å²) in [6.07, 6.45) is 0. The van der Waals surface area contributed by atoms with Crippen LogP contribution >= 0.6 is 11.8 Å². The Balaban J connectivity index is 1.68. The second-order valence-corrected chi connectivity index (χ2v) is 7.28. The molecule has 0 radical (unpaired) electrons. The predicted molar refractivity (Wildman–Crippen MR) is 120 cm³/mol. The summed E-state index contributed by atoms with van der Waals surface area (Å²) in [5.74, 6) is 1.09. The molecule has 32 heavy (non-hydrogen) atoms. The number of thioether (sulfide) groups is 1. The maximum absolute atomic E-state index is 12.2. The Morgan fingerprint density at radius 3 is 2.28 bits per heavy atom. The number of para-hydroxylation sites is 2. The zero-order chi connectivity index (χ0) is 23.1. The van der Waals surface area contributed by atoms with Gasteiger partial charge in [0.25, 0.3) is 5.69 Å². The number of aromatic nitrogens is 2. The number of nitrogens with zero attached hydrogens (tertiary/aromatic N) is 3. The van der Waals surface area contributed by atoms with Crippen LogP contribution in [-0.2, 0) is 4.79 Å². The number of rotatable bonds is 9. The Morgan fingerprint density at radius 2 is 1.72 bits per heavy atom. The number of nitrogens with one attached hydrogen (secondary N) is 1. The summed E-state index contributed by atoms with van der Waals surface area (Å²) in [6, 6.07) is 13.0. The highest BCUT2D eigenvalue weighted by Gasteiger charge is 2.16. The van der Waals surface area contributed by atoms with E-state index in [0.29, 0.717) is 28.0 Å². The summed E-state index contributed by atoms with van der Waals surface area (Å²) in [5.41, 5.74) is 1.28. The molecule has 0 atom stereocenters. The fourth-order valence-corrected chi connectivity index (χ4v) is 3.46. The van der Waals surface area contributed by atoms with Crippen LogP contribution in [0.2, 0.25) is 0 Å². The van der Waals surface area contributed by atoms with E-state index in [4.69, 9.17) is 14.2 Å². The third kappa shape index (κ3) is 5.24. The Hall–Kier alpha value is -3.86. The number of methoxy groups -OCH3 is 3. The fourth-order valence-electron chi connectivity index (χ4n) is 2.84. The fraction of sp³-hybridized carbons (Fsp3) is 0.190. The smallest absolute Gasteiger partial charge is 0.292 e. The number of amides is 1. The lowest BCUT2D eigenvalue weighted by atomic mass is 10.1. The summed E-state index contributed by atoms with van der Waals surface area (Å²) < 4.78 is 16.0. The van der Waals surface area contributed by atoms with Gasteiger partial charge in [0.05, 0.1) is 37.7 Å². The second kappa shape index (κ2) is 10.4. The van der Waals surface area contributed by atoms with Gasteiger partial charge in [-0.15, -0.1) is 10.2 Å². The minimum atomic E-state index is -0.546. The first-order chi connectivity index (χ1) is 15.5. The molecule has 0 saturated heterocycles. The standard InChI is InChI=1S/C21H20N4O6S/c1-29-17-10-13(11-18(30-2)21(17)31-3)14-8-9-20(24-23-14)32-12-19(26)22-15-6-4-5-7-16(15)25(27)28/h4-11H,12H2,1-3H3,(H,22,26). The number of hydrogen-bond donors (Lipinski definition) is 1. The molecule has 1 aromatic heterocycles. The van der Waals surface area contributed by atoms with E-state index in [9.17, 15) is 14.9 Å². The first-order valence-corrected chi connectivity index (χ1v) is 10.3. The van der Waals surface area contributed by atoms with E-state index in [2.05, 4.69) is 15.5 Å². The van der Waals surface area contributed by atoms with Gasteiger partial charge in [-0.25, -0.2) is 0 Å². The number of hydrogen-bond acceptors (Lipinski definition) is 9. The average molecular weight is 456 g/mol. The average Bonchev–Trinajstić information content (AvgIpc) is 2.82. The molecule has 3 rings (SSSR count). The number of carbonyl (C=O) groups is 1. The summed E-state index contributed by atoms with van der Waals surface area (Å²) in [7, 11) is 4.58. The largest absolute Gasteiger partial charge is 0.493 e. The quantitative estimate of drug-likeness (QED) is 0.290. The van der Waals surface area contributed by atoms with Crippen LogP contribution < -0.4 is 19.5 Å². The lowest BCUT2D eigenvalue weighted by molar-refractivity contribution is -0.383. The van der Waals surface area contributed by atoms with Crippen LogP contribution in [0, 0.1) is 10.1 Å². The predicted octanol–water partition coefficient (Wildman–Crippen LogP) is 3.81. The molecule has 1 N–H and O–H groups in total. The lowest BCUT2D eigenvalue weighted by Gasteiger charge is -2.13. The molecule has 1 heterocycles. The molecule has 0 spiro atoms. The van der Waals surface area contributed by atoms with E-state index in [0.717, 1.165) is 17.3 Å². The van der Waals surface area contributed by atoms with Gasteiger partial charge < -0.3 is 19.5 Å². The van der Waals surface area contributed by atoms with Gasteiger partial charge in [-0.05, 0) is 30.3 Å².